The third-order valence-corrected chi connectivity index (χ3v) is 3.33. The van der Waals surface area contributed by atoms with Crippen LogP contribution in [0.1, 0.15) is 32.4 Å². The van der Waals surface area contributed by atoms with Gasteiger partial charge in [0.25, 0.3) is 0 Å². The number of aromatic nitrogens is 3. The molecule has 0 radical (unpaired) electrons. The summed E-state index contributed by atoms with van der Waals surface area (Å²) in [5, 5.41) is 7.74. The molecule has 0 aromatic carbocycles. The third kappa shape index (κ3) is 2.47. The summed E-state index contributed by atoms with van der Waals surface area (Å²) in [5.74, 6) is 0.167. The number of nitrogens with zero attached hydrogens (tertiary/aromatic N) is 3. The van der Waals surface area contributed by atoms with Crippen LogP contribution in [0.3, 0.4) is 0 Å². The summed E-state index contributed by atoms with van der Waals surface area (Å²) in [4.78, 5) is 12.2. The van der Waals surface area contributed by atoms with Crippen LogP contribution in [0, 0.1) is 5.41 Å². The van der Waals surface area contributed by atoms with E-state index < -0.39 is 5.41 Å². The van der Waals surface area contributed by atoms with E-state index in [4.69, 9.17) is 5.73 Å². The van der Waals surface area contributed by atoms with Crippen LogP contribution in [0.5, 0.6) is 0 Å². The molecule has 0 amide bonds. The minimum atomic E-state index is -0.391. The zero-order chi connectivity index (χ0) is 12.2. The van der Waals surface area contributed by atoms with Gasteiger partial charge in [0, 0.05) is 25.2 Å². The molecule has 1 rings (SSSR count). The lowest BCUT2D eigenvalue weighted by atomic mass is 9.77. The van der Waals surface area contributed by atoms with Crippen LogP contribution in [0.4, 0.5) is 0 Å². The lowest BCUT2D eigenvalue weighted by Crippen LogP contribution is -2.38. The van der Waals surface area contributed by atoms with Gasteiger partial charge in [0.1, 0.15) is 5.78 Å². The Balaban J connectivity index is 2.77. The van der Waals surface area contributed by atoms with E-state index in [2.05, 4.69) is 10.3 Å². The highest BCUT2D eigenvalue weighted by Gasteiger charge is 2.33. The molecule has 0 fully saturated rings. The molecule has 0 aliphatic carbocycles. The SMILES string of the molecule is CCC(CC)(CN)C(=O)Cc1cn(C)nn1. The molecule has 1 aromatic heterocycles. The minimum absolute atomic E-state index is 0.167. The fraction of sp³-hybridized carbons (Fsp3) is 0.727. The van der Waals surface area contributed by atoms with Crippen molar-refractivity contribution < 1.29 is 4.79 Å². The molecule has 0 unspecified atom stereocenters. The number of hydrogen-bond donors (Lipinski definition) is 1. The predicted molar refractivity (Wildman–Crippen MR) is 61.8 cm³/mol. The maximum atomic E-state index is 12.2. The first-order chi connectivity index (χ1) is 7.57. The largest absolute Gasteiger partial charge is 0.329 e. The molecule has 0 spiro atoms. The molecule has 0 atom stereocenters. The predicted octanol–water partition coefficient (Wildman–Crippen LogP) is 0.692. The van der Waals surface area contributed by atoms with Crippen molar-refractivity contribution >= 4 is 5.78 Å². The number of Topliss-reactive ketones (excluding diaryl/α,β-unsaturated/α-hetero) is 1. The van der Waals surface area contributed by atoms with Crippen LogP contribution in [-0.4, -0.2) is 27.3 Å². The van der Waals surface area contributed by atoms with E-state index in [-0.39, 0.29) is 5.78 Å². The minimum Gasteiger partial charge on any atom is -0.329 e. The zero-order valence-corrected chi connectivity index (χ0v) is 10.2. The van der Waals surface area contributed by atoms with Gasteiger partial charge in [-0.2, -0.15) is 0 Å². The average Bonchev–Trinajstić information content (AvgIpc) is 2.67. The number of ketones is 1. The Labute approximate surface area is 96.0 Å². The topological polar surface area (TPSA) is 73.8 Å². The quantitative estimate of drug-likeness (QED) is 0.771. The summed E-state index contributed by atoms with van der Waals surface area (Å²) in [7, 11) is 1.79. The summed E-state index contributed by atoms with van der Waals surface area (Å²) < 4.78 is 1.60. The van der Waals surface area contributed by atoms with E-state index in [1.165, 1.54) is 0 Å². The van der Waals surface area contributed by atoms with Crippen molar-refractivity contribution in [1.29, 1.82) is 0 Å². The normalized spacial score (nSPS) is 11.8. The van der Waals surface area contributed by atoms with E-state index in [0.717, 1.165) is 12.8 Å². The molecular formula is C11H20N4O. The molecule has 0 saturated carbocycles. The first kappa shape index (κ1) is 12.8. The van der Waals surface area contributed by atoms with Crippen LogP contribution in [0.15, 0.2) is 6.20 Å². The average molecular weight is 224 g/mol. The highest BCUT2D eigenvalue weighted by molar-refractivity contribution is 5.86. The number of nitrogens with two attached hydrogens (primary N) is 1. The van der Waals surface area contributed by atoms with Gasteiger partial charge in [-0.15, -0.1) is 5.10 Å². The second-order valence-corrected chi connectivity index (χ2v) is 4.18. The van der Waals surface area contributed by atoms with Crippen molar-refractivity contribution in [1.82, 2.24) is 15.0 Å². The molecular weight excluding hydrogens is 204 g/mol. The van der Waals surface area contributed by atoms with E-state index in [1.807, 2.05) is 13.8 Å². The number of aryl methyl sites for hydroxylation is 1. The molecule has 0 bridgehead atoms. The molecule has 2 N–H and O–H groups in total. The van der Waals surface area contributed by atoms with Gasteiger partial charge in [-0.1, -0.05) is 19.1 Å². The van der Waals surface area contributed by atoms with Gasteiger partial charge in [0.2, 0.25) is 0 Å². The Morgan fingerprint density at radius 3 is 2.50 bits per heavy atom. The second kappa shape index (κ2) is 5.21. The van der Waals surface area contributed by atoms with E-state index in [9.17, 15) is 4.79 Å². The monoisotopic (exact) mass is 224 g/mol. The smallest absolute Gasteiger partial charge is 0.146 e. The summed E-state index contributed by atoms with van der Waals surface area (Å²) in [6, 6.07) is 0. The summed E-state index contributed by atoms with van der Waals surface area (Å²) in [5.41, 5.74) is 6.05. The highest BCUT2D eigenvalue weighted by atomic mass is 16.1. The van der Waals surface area contributed by atoms with Crippen molar-refractivity contribution in [3.8, 4) is 0 Å². The van der Waals surface area contributed by atoms with Crippen LogP contribution < -0.4 is 5.73 Å². The lowest BCUT2D eigenvalue weighted by Gasteiger charge is -2.27. The van der Waals surface area contributed by atoms with Gasteiger partial charge in [0.05, 0.1) is 12.1 Å². The Morgan fingerprint density at radius 1 is 1.50 bits per heavy atom. The molecule has 16 heavy (non-hydrogen) atoms. The van der Waals surface area contributed by atoms with Crippen LogP contribution in [0.25, 0.3) is 0 Å². The Morgan fingerprint density at radius 2 is 2.12 bits per heavy atom. The molecule has 0 aliphatic heterocycles. The zero-order valence-electron chi connectivity index (χ0n) is 10.2. The maximum Gasteiger partial charge on any atom is 0.146 e. The van der Waals surface area contributed by atoms with Crippen molar-refractivity contribution in [2.45, 2.75) is 33.1 Å². The lowest BCUT2D eigenvalue weighted by molar-refractivity contribution is -0.128. The van der Waals surface area contributed by atoms with Gasteiger partial charge in [-0.25, -0.2) is 0 Å². The fourth-order valence-corrected chi connectivity index (χ4v) is 1.88. The van der Waals surface area contributed by atoms with Gasteiger partial charge in [-0.05, 0) is 12.8 Å². The maximum absolute atomic E-state index is 12.2. The van der Waals surface area contributed by atoms with Gasteiger partial charge >= 0.3 is 0 Å². The fourth-order valence-electron chi connectivity index (χ4n) is 1.88. The number of carbonyl (C=O) groups excluding carboxylic acids is 1. The van der Waals surface area contributed by atoms with Crippen LogP contribution in [0.2, 0.25) is 0 Å². The van der Waals surface area contributed by atoms with Crippen molar-refractivity contribution in [2.24, 2.45) is 18.2 Å². The highest BCUT2D eigenvalue weighted by Crippen LogP contribution is 2.27. The van der Waals surface area contributed by atoms with Gasteiger partial charge < -0.3 is 5.73 Å². The Kier molecular flexibility index (Phi) is 4.18. The third-order valence-electron chi connectivity index (χ3n) is 3.33. The standard InChI is InChI=1S/C11H20N4O/c1-4-11(5-2,8-12)10(16)6-9-7-15(3)14-13-9/h7H,4-6,8,12H2,1-3H3. The molecule has 1 heterocycles. The molecule has 1 aromatic rings. The molecule has 90 valence electrons. The van der Waals surface area contributed by atoms with E-state index in [1.54, 1.807) is 17.9 Å². The van der Waals surface area contributed by atoms with Crippen LogP contribution in [-0.2, 0) is 18.3 Å². The number of rotatable bonds is 6. The second-order valence-electron chi connectivity index (χ2n) is 4.18. The van der Waals surface area contributed by atoms with Crippen molar-refractivity contribution in [2.75, 3.05) is 6.54 Å². The van der Waals surface area contributed by atoms with Crippen LogP contribution >= 0.6 is 0 Å². The van der Waals surface area contributed by atoms with E-state index in [0.29, 0.717) is 18.7 Å². The first-order valence-corrected chi connectivity index (χ1v) is 5.66. The Hall–Kier alpha value is -1.23. The molecule has 5 nitrogen and oxygen atoms in total. The number of carbonyl (C=O) groups is 1. The molecule has 0 saturated heterocycles. The van der Waals surface area contributed by atoms with Crippen molar-refractivity contribution in [3.63, 3.8) is 0 Å². The summed E-state index contributed by atoms with van der Waals surface area (Å²) in [6.45, 7) is 4.41. The van der Waals surface area contributed by atoms with Crippen molar-refractivity contribution in [3.05, 3.63) is 11.9 Å². The summed E-state index contributed by atoms with van der Waals surface area (Å²) >= 11 is 0. The number of hydrogen-bond acceptors (Lipinski definition) is 4. The van der Waals surface area contributed by atoms with Gasteiger partial charge in [-0.3, -0.25) is 9.48 Å². The van der Waals surface area contributed by atoms with Gasteiger partial charge in [0.15, 0.2) is 0 Å². The first-order valence-electron chi connectivity index (χ1n) is 5.66. The molecule has 5 heteroatoms. The Bertz CT molecular complexity index is 346. The summed E-state index contributed by atoms with van der Waals surface area (Å²) in [6.07, 6.45) is 3.65. The molecule has 0 aliphatic rings. The van der Waals surface area contributed by atoms with E-state index >= 15 is 0 Å².